The highest BCUT2D eigenvalue weighted by Crippen LogP contribution is 2.14. The van der Waals surface area contributed by atoms with Gasteiger partial charge in [0.05, 0.1) is 0 Å². The molecule has 0 aliphatic rings. The fourth-order valence-corrected chi connectivity index (χ4v) is 1.98. The molecule has 0 radical (unpaired) electrons. The van der Waals surface area contributed by atoms with Gasteiger partial charge in [0.2, 0.25) is 5.91 Å². The van der Waals surface area contributed by atoms with Crippen LogP contribution in [0.3, 0.4) is 0 Å². The van der Waals surface area contributed by atoms with Crippen LogP contribution in [0.15, 0.2) is 30.3 Å². The molecule has 0 saturated carbocycles. The van der Waals surface area contributed by atoms with Gasteiger partial charge < -0.3 is 10.6 Å². The molecule has 0 atom stereocenters. The number of aromatic nitrogens is 2. The van der Waals surface area contributed by atoms with Crippen LogP contribution >= 0.6 is 0 Å². The minimum Gasteiger partial charge on any atom is -0.326 e. The van der Waals surface area contributed by atoms with Crippen molar-refractivity contribution >= 4 is 23.2 Å². The maximum Gasteiger partial charge on any atom is 0.276 e. The summed E-state index contributed by atoms with van der Waals surface area (Å²) in [5.74, 6) is -0.384. The van der Waals surface area contributed by atoms with Crippen molar-refractivity contribution in [3.8, 4) is 0 Å². The van der Waals surface area contributed by atoms with E-state index in [1.54, 1.807) is 35.0 Å². The van der Waals surface area contributed by atoms with Crippen LogP contribution in [-0.2, 0) is 11.3 Å². The number of anilines is 2. The Bertz CT molecular complexity index is 659. The van der Waals surface area contributed by atoms with Crippen molar-refractivity contribution in [2.75, 3.05) is 10.6 Å². The molecule has 0 spiro atoms. The molecular formula is C15H18N4O2. The number of aryl methyl sites for hydroxylation is 2. The van der Waals surface area contributed by atoms with Gasteiger partial charge in [0, 0.05) is 30.5 Å². The largest absolute Gasteiger partial charge is 0.326 e. The first-order valence-electron chi connectivity index (χ1n) is 6.73. The zero-order chi connectivity index (χ0) is 15.4. The van der Waals surface area contributed by atoms with Crippen molar-refractivity contribution in [3.63, 3.8) is 0 Å². The number of hydrogen-bond donors (Lipinski definition) is 2. The number of hydrogen-bond acceptors (Lipinski definition) is 3. The summed E-state index contributed by atoms with van der Waals surface area (Å²) in [4.78, 5) is 23.0. The lowest BCUT2D eigenvalue weighted by molar-refractivity contribution is -0.114. The van der Waals surface area contributed by atoms with E-state index in [0.29, 0.717) is 17.1 Å². The molecule has 2 rings (SSSR count). The Balaban J connectivity index is 2.06. The van der Waals surface area contributed by atoms with Gasteiger partial charge >= 0.3 is 0 Å². The van der Waals surface area contributed by atoms with Gasteiger partial charge in [-0.2, -0.15) is 5.10 Å². The molecule has 0 aliphatic carbocycles. The molecule has 0 fully saturated rings. The number of benzene rings is 1. The summed E-state index contributed by atoms with van der Waals surface area (Å²) in [7, 11) is 0. The van der Waals surface area contributed by atoms with Crippen LogP contribution in [0.4, 0.5) is 11.4 Å². The molecule has 0 bridgehead atoms. The Labute approximate surface area is 123 Å². The van der Waals surface area contributed by atoms with Gasteiger partial charge in [-0.3, -0.25) is 14.3 Å². The van der Waals surface area contributed by atoms with Crippen LogP contribution in [0.1, 0.15) is 30.0 Å². The third-order valence-electron chi connectivity index (χ3n) is 2.98. The molecule has 2 amide bonds. The summed E-state index contributed by atoms with van der Waals surface area (Å²) in [5.41, 5.74) is 2.67. The van der Waals surface area contributed by atoms with E-state index in [4.69, 9.17) is 0 Å². The van der Waals surface area contributed by atoms with Gasteiger partial charge in [0.1, 0.15) is 0 Å². The number of carbonyl (C=O) groups is 2. The normalized spacial score (nSPS) is 10.2. The van der Waals surface area contributed by atoms with Crippen molar-refractivity contribution in [3.05, 3.63) is 41.7 Å². The first-order valence-corrected chi connectivity index (χ1v) is 6.73. The van der Waals surface area contributed by atoms with Crippen LogP contribution in [0.5, 0.6) is 0 Å². The van der Waals surface area contributed by atoms with E-state index in [1.165, 1.54) is 6.92 Å². The summed E-state index contributed by atoms with van der Waals surface area (Å²) in [6, 6.07) is 8.67. The maximum atomic E-state index is 12.1. The maximum absolute atomic E-state index is 12.1. The van der Waals surface area contributed by atoms with E-state index in [-0.39, 0.29) is 11.8 Å². The van der Waals surface area contributed by atoms with Gasteiger partial charge in [-0.1, -0.05) is 0 Å². The second-order valence-corrected chi connectivity index (χ2v) is 4.70. The third-order valence-corrected chi connectivity index (χ3v) is 2.98. The van der Waals surface area contributed by atoms with Crippen molar-refractivity contribution < 1.29 is 9.59 Å². The quantitative estimate of drug-likeness (QED) is 0.906. The monoisotopic (exact) mass is 286 g/mol. The zero-order valence-corrected chi connectivity index (χ0v) is 12.3. The standard InChI is InChI=1S/C15H18N4O2/c1-4-19-10(2)9-14(18-19)15(21)17-13-7-5-12(6-8-13)16-11(3)20/h5-9H,4H2,1-3H3,(H,16,20)(H,17,21). The van der Waals surface area contributed by atoms with E-state index in [2.05, 4.69) is 15.7 Å². The molecule has 6 heteroatoms. The number of rotatable bonds is 4. The minimum atomic E-state index is -0.252. The molecule has 110 valence electrons. The molecule has 2 aromatic rings. The lowest BCUT2D eigenvalue weighted by atomic mass is 10.2. The Morgan fingerprint density at radius 2 is 1.71 bits per heavy atom. The highest BCUT2D eigenvalue weighted by Gasteiger charge is 2.11. The van der Waals surface area contributed by atoms with Crippen LogP contribution in [-0.4, -0.2) is 21.6 Å². The highest BCUT2D eigenvalue weighted by atomic mass is 16.2. The highest BCUT2D eigenvalue weighted by molar-refractivity contribution is 6.03. The Kier molecular flexibility index (Phi) is 4.37. The second kappa shape index (κ2) is 6.21. The SMILES string of the molecule is CCn1nc(C(=O)Nc2ccc(NC(C)=O)cc2)cc1C. The Hall–Kier alpha value is -2.63. The van der Waals surface area contributed by atoms with Crippen molar-refractivity contribution in [1.82, 2.24) is 9.78 Å². The summed E-state index contributed by atoms with van der Waals surface area (Å²) in [6.07, 6.45) is 0. The number of amides is 2. The minimum absolute atomic E-state index is 0.132. The third kappa shape index (κ3) is 3.68. The number of nitrogens with zero attached hydrogens (tertiary/aromatic N) is 2. The first-order chi connectivity index (χ1) is 9.99. The number of nitrogens with one attached hydrogen (secondary N) is 2. The average molecular weight is 286 g/mol. The van der Waals surface area contributed by atoms with Crippen LogP contribution < -0.4 is 10.6 Å². The van der Waals surface area contributed by atoms with E-state index in [1.807, 2.05) is 13.8 Å². The predicted molar refractivity (Wildman–Crippen MR) is 81.3 cm³/mol. The van der Waals surface area contributed by atoms with Crippen LogP contribution in [0, 0.1) is 6.92 Å². The van der Waals surface area contributed by atoms with E-state index in [0.717, 1.165) is 12.2 Å². The molecule has 2 N–H and O–H groups in total. The fourth-order valence-electron chi connectivity index (χ4n) is 1.98. The fraction of sp³-hybridized carbons (Fsp3) is 0.267. The molecular weight excluding hydrogens is 268 g/mol. The van der Waals surface area contributed by atoms with Gasteiger partial charge in [-0.25, -0.2) is 0 Å². The topological polar surface area (TPSA) is 76.0 Å². The average Bonchev–Trinajstić information content (AvgIpc) is 2.82. The molecule has 6 nitrogen and oxygen atoms in total. The van der Waals surface area contributed by atoms with Crippen LogP contribution in [0.2, 0.25) is 0 Å². The Morgan fingerprint density at radius 3 is 2.19 bits per heavy atom. The predicted octanol–water partition coefficient (Wildman–Crippen LogP) is 2.42. The van der Waals surface area contributed by atoms with E-state index < -0.39 is 0 Å². The van der Waals surface area contributed by atoms with E-state index in [9.17, 15) is 9.59 Å². The molecule has 0 unspecified atom stereocenters. The van der Waals surface area contributed by atoms with Gasteiger partial charge in [-0.05, 0) is 44.2 Å². The lowest BCUT2D eigenvalue weighted by Crippen LogP contribution is -2.13. The van der Waals surface area contributed by atoms with E-state index >= 15 is 0 Å². The summed E-state index contributed by atoms with van der Waals surface area (Å²) in [6.45, 7) is 6.06. The molecule has 1 heterocycles. The Morgan fingerprint density at radius 1 is 1.14 bits per heavy atom. The molecule has 1 aromatic heterocycles. The van der Waals surface area contributed by atoms with Crippen molar-refractivity contribution in [2.24, 2.45) is 0 Å². The molecule has 0 aliphatic heterocycles. The smallest absolute Gasteiger partial charge is 0.276 e. The first kappa shape index (κ1) is 14.8. The second-order valence-electron chi connectivity index (χ2n) is 4.70. The lowest BCUT2D eigenvalue weighted by Gasteiger charge is -2.05. The molecule has 21 heavy (non-hydrogen) atoms. The zero-order valence-electron chi connectivity index (χ0n) is 12.3. The van der Waals surface area contributed by atoms with Crippen molar-refractivity contribution in [1.29, 1.82) is 0 Å². The van der Waals surface area contributed by atoms with Gasteiger partial charge in [0.15, 0.2) is 5.69 Å². The molecule has 1 aromatic carbocycles. The summed E-state index contributed by atoms with van der Waals surface area (Å²) >= 11 is 0. The summed E-state index contributed by atoms with van der Waals surface area (Å²) in [5, 5.41) is 9.67. The van der Waals surface area contributed by atoms with Crippen molar-refractivity contribution in [2.45, 2.75) is 27.3 Å². The van der Waals surface area contributed by atoms with Crippen LogP contribution in [0.25, 0.3) is 0 Å². The number of carbonyl (C=O) groups excluding carboxylic acids is 2. The van der Waals surface area contributed by atoms with Gasteiger partial charge in [-0.15, -0.1) is 0 Å². The van der Waals surface area contributed by atoms with Gasteiger partial charge in [0.25, 0.3) is 5.91 Å². The summed E-state index contributed by atoms with van der Waals surface area (Å²) < 4.78 is 1.77. The molecule has 0 saturated heterocycles.